The molecular formula is C16H23Cl2F3N2. The lowest BCUT2D eigenvalue weighted by atomic mass is 9.97. The highest BCUT2D eigenvalue weighted by Crippen LogP contribution is 2.33. The zero-order valence-corrected chi connectivity index (χ0v) is 14.4. The third-order valence-electron chi connectivity index (χ3n) is 3.84. The zero-order chi connectivity index (χ0) is 15.3. The predicted molar refractivity (Wildman–Crippen MR) is 92.6 cm³/mol. The first-order chi connectivity index (χ1) is 10.0. The summed E-state index contributed by atoms with van der Waals surface area (Å²) in [5, 5.41) is 3.27. The molecule has 1 heterocycles. The van der Waals surface area contributed by atoms with Crippen molar-refractivity contribution in [1.82, 2.24) is 10.2 Å². The van der Waals surface area contributed by atoms with Crippen LogP contribution < -0.4 is 5.32 Å². The SMILES string of the molecule is C=CCC[C@H](c1cccc(C(F)(F)F)c1)N1CCNCC1.Cl.Cl. The summed E-state index contributed by atoms with van der Waals surface area (Å²) in [6.07, 6.45) is -0.874. The summed E-state index contributed by atoms with van der Waals surface area (Å²) >= 11 is 0. The van der Waals surface area contributed by atoms with Gasteiger partial charge in [-0.05, 0) is 30.5 Å². The maximum Gasteiger partial charge on any atom is 0.416 e. The molecule has 1 aliphatic heterocycles. The van der Waals surface area contributed by atoms with Crippen molar-refractivity contribution >= 4 is 24.8 Å². The zero-order valence-electron chi connectivity index (χ0n) is 12.8. The van der Waals surface area contributed by atoms with Crippen LogP contribution in [-0.4, -0.2) is 31.1 Å². The van der Waals surface area contributed by atoms with Gasteiger partial charge in [0.1, 0.15) is 0 Å². The van der Waals surface area contributed by atoms with E-state index >= 15 is 0 Å². The maximum atomic E-state index is 12.9. The highest BCUT2D eigenvalue weighted by molar-refractivity contribution is 5.85. The highest BCUT2D eigenvalue weighted by atomic mass is 35.5. The summed E-state index contributed by atoms with van der Waals surface area (Å²) in [4.78, 5) is 2.26. The molecule has 0 radical (unpaired) electrons. The number of alkyl halides is 3. The number of allylic oxidation sites excluding steroid dienone is 1. The number of nitrogens with one attached hydrogen (secondary N) is 1. The summed E-state index contributed by atoms with van der Waals surface area (Å²) < 4.78 is 38.7. The van der Waals surface area contributed by atoms with Crippen LogP contribution in [-0.2, 0) is 6.18 Å². The third-order valence-corrected chi connectivity index (χ3v) is 3.84. The first-order valence-corrected chi connectivity index (χ1v) is 7.25. The summed E-state index contributed by atoms with van der Waals surface area (Å²) in [5.41, 5.74) is 0.173. The molecule has 0 aromatic heterocycles. The lowest BCUT2D eigenvalue weighted by Crippen LogP contribution is -2.45. The summed E-state index contributed by atoms with van der Waals surface area (Å²) in [6.45, 7) is 7.19. The van der Waals surface area contributed by atoms with Gasteiger partial charge in [0.2, 0.25) is 0 Å². The van der Waals surface area contributed by atoms with Gasteiger partial charge in [0, 0.05) is 32.2 Å². The molecule has 0 spiro atoms. The molecule has 0 aliphatic carbocycles. The summed E-state index contributed by atoms with van der Waals surface area (Å²) in [7, 11) is 0. The Balaban J connectivity index is 0.00000242. The van der Waals surface area contributed by atoms with Gasteiger partial charge in [0.15, 0.2) is 0 Å². The second-order valence-electron chi connectivity index (χ2n) is 5.29. The van der Waals surface area contributed by atoms with Crippen LogP contribution in [0, 0.1) is 0 Å². The van der Waals surface area contributed by atoms with Crippen LogP contribution in [0.4, 0.5) is 13.2 Å². The Morgan fingerprint density at radius 1 is 1.22 bits per heavy atom. The summed E-state index contributed by atoms with van der Waals surface area (Å²) in [5.74, 6) is 0. The fraction of sp³-hybridized carbons (Fsp3) is 0.500. The monoisotopic (exact) mass is 370 g/mol. The van der Waals surface area contributed by atoms with Crippen molar-refractivity contribution in [2.45, 2.75) is 25.1 Å². The van der Waals surface area contributed by atoms with Gasteiger partial charge in [-0.2, -0.15) is 13.2 Å². The molecular weight excluding hydrogens is 348 g/mol. The molecule has 0 unspecified atom stereocenters. The van der Waals surface area contributed by atoms with E-state index in [-0.39, 0.29) is 30.9 Å². The molecule has 0 bridgehead atoms. The van der Waals surface area contributed by atoms with Crippen LogP contribution in [0.2, 0.25) is 0 Å². The van der Waals surface area contributed by atoms with E-state index in [0.717, 1.165) is 50.7 Å². The molecule has 2 nitrogen and oxygen atoms in total. The van der Waals surface area contributed by atoms with Crippen molar-refractivity contribution in [3.05, 3.63) is 48.0 Å². The van der Waals surface area contributed by atoms with Gasteiger partial charge in [-0.1, -0.05) is 18.2 Å². The average Bonchev–Trinajstić information content (AvgIpc) is 2.48. The van der Waals surface area contributed by atoms with Crippen LogP contribution in [0.1, 0.15) is 30.0 Å². The van der Waals surface area contributed by atoms with Crippen LogP contribution in [0.5, 0.6) is 0 Å². The van der Waals surface area contributed by atoms with E-state index in [0.29, 0.717) is 0 Å². The molecule has 1 aromatic carbocycles. The molecule has 0 saturated carbocycles. The van der Waals surface area contributed by atoms with Crippen LogP contribution in [0.15, 0.2) is 36.9 Å². The van der Waals surface area contributed by atoms with Crippen molar-refractivity contribution in [2.24, 2.45) is 0 Å². The molecule has 23 heavy (non-hydrogen) atoms. The Kier molecular flexibility index (Phi) is 9.85. The second-order valence-corrected chi connectivity index (χ2v) is 5.29. The quantitative estimate of drug-likeness (QED) is 0.769. The van der Waals surface area contributed by atoms with Gasteiger partial charge in [0.05, 0.1) is 5.56 Å². The number of halogens is 5. The largest absolute Gasteiger partial charge is 0.416 e. The van der Waals surface area contributed by atoms with Crippen molar-refractivity contribution < 1.29 is 13.2 Å². The number of nitrogens with zero attached hydrogens (tertiary/aromatic N) is 1. The van der Waals surface area contributed by atoms with E-state index in [1.807, 2.05) is 6.08 Å². The Morgan fingerprint density at radius 3 is 2.43 bits per heavy atom. The van der Waals surface area contributed by atoms with Crippen LogP contribution >= 0.6 is 24.8 Å². The predicted octanol–water partition coefficient (Wildman–Crippen LogP) is 4.46. The molecule has 2 rings (SSSR count). The van der Waals surface area contributed by atoms with Gasteiger partial charge in [-0.3, -0.25) is 4.90 Å². The fourth-order valence-corrected chi connectivity index (χ4v) is 2.75. The number of rotatable bonds is 5. The van der Waals surface area contributed by atoms with Crippen molar-refractivity contribution in [3.8, 4) is 0 Å². The van der Waals surface area contributed by atoms with Gasteiger partial charge in [-0.15, -0.1) is 31.4 Å². The average molecular weight is 371 g/mol. The minimum absolute atomic E-state index is 0. The van der Waals surface area contributed by atoms with E-state index < -0.39 is 11.7 Å². The molecule has 1 aromatic rings. The van der Waals surface area contributed by atoms with Gasteiger partial charge in [0.25, 0.3) is 0 Å². The normalized spacial score (nSPS) is 16.8. The Hall–Kier alpha value is -0.750. The smallest absolute Gasteiger partial charge is 0.314 e. The number of piperazine rings is 1. The lowest BCUT2D eigenvalue weighted by Gasteiger charge is -2.35. The van der Waals surface area contributed by atoms with Gasteiger partial charge < -0.3 is 5.32 Å². The lowest BCUT2D eigenvalue weighted by molar-refractivity contribution is -0.137. The Labute approximate surface area is 147 Å². The number of benzene rings is 1. The summed E-state index contributed by atoms with van der Waals surface area (Å²) in [6, 6.07) is 5.74. The molecule has 7 heteroatoms. The van der Waals surface area contributed by atoms with Crippen molar-refractivity contribution in [2.75, 3.05) is 26.2 Å². The Morgan fingerprint density at radius 2 is 1.87 bits per heavy atom. The van der Waals surface area contributed by atoms with E-state index in [4.69, 9.17) is 0 Å². The topological polar surface area (TPSA) is 15.3 Å². The van der Waals surface area contributed by atoms with E-state index in [2.05, 4.69) is 16.8 Å². The number of hydrogen-bond acceptors (Lipinski definition) is 2. The van der Waals surface area contributed by atoms with E-state index in [1.165, 1.54) is 12.1 Å². The van der Waals surface area contributed by atoms with Gasteiger partial charge in [-0.25, -0.2) is 0 Å². The Bertz CT molecular complexity index is 475. The minimum Gasteiger partial charge on any atom is -0.314 e. The number of hydrogen-bond donors (Lipinski definition) is 1. The molecule has 1 saturated heterocycles. The minimum atomic E-state index is -4.29. The van der Waals surface area contributed by atoms with E-state index in [9.17, 15) is 13.2 Å². The first kappa shape index (κ1) is 22.2. The molecule has 1 fully saturated rings. The van der Waals surface area contributed by atoms with Crippen molar-refractivity contribution in [1.29, 1.82) is 0 Å². The van der Waals surface area contributed by atoms with Gasteiger partial charge >= 0.3 is 6.18 Å². The molecule has 0 amide bonds. The van der Waals surface area contributed by atoms with Crippen LogP contribution in [0.3, 0.4) is 0 Å². The first-order valence-electron chi connectivity index (χ1n) is 7.25. The molecule has 1 atom stereocenters. The third kappa shape index (κ3) is 6.34. The standard InChI is InChI=1S/C16H21F3N2.2ClH/c1-2-3-7-15(21-10-8-20-9-11-21)13-5-4-6-14(12-13)16(17,18)19;;/h2,4-6,12,15,20H,1,3,7-11H2;2*1H/t15-;;/m1../s1. The highest BCUT2D eigenvalue weighted by Gasteiger charge is 2.31. The maximum absolute atomic E-state index is 12.9. The molecule has 1 N–H and O–H groups in total. The second kappa shape index (κ2) is 10.2. The van der Waals surface area contributed by atoms with Crippen molar-refractivity contribution in [3.63, 3.8) is 0 Å². The molecule has 1 aliphatic rings. The van der Waals surface area contributed by atoms with Crippen LogP contribution in [0.25, 0.3) is 0 Å². The fourth-order valence-electron chi connectivity index (χ4n) is 2.75. The van der Waals surface area contributed by atoms with E-state index in [1.54, 1.807) is 6.07 Å². The molecule has 132 valence electrons.